The maximum Gasteiger partial charge on any atom is 0.343 e. The van der Waals surface area contributed by atoms with Crippen LogP contribution in [-0.2, 0) is 0 Å². The minimum Gasteiger partial charge on any atom is -0.421 e. The summed E-state index contributed by atoms with van der Waals surface area (Å²) in [6, 6.07) is 25.4. The molecule has 0 saturated heterocycles. The van der Waals surface area contributed by atoms with Gasteiger partial charge in [0.2, 0.25) is 0 Å². The number of H-pyrrole nitrogens is 1. The second-order valence-electron chi connectivity index (χ2n) is 8.66. The van der Waals surface area contributed by atoms with Crippen LogP contribution in [0.15, 0.2) is 99.0 Å². The lowest BCUT2D eigenvalue weighted by Crippen LogP contribution is -2.19. The van der Waals surface area contributed by atoms with Crippen LogP contribution in [0.5, 0.6) is 5.75 Å². The molecule has 0 aliphatic rings. The standard InChI is InChI=1S/C30H20Br2ClN3O3/c1-17-11-12-25-22(13-17)26(21-9-5-6-10-24(21)33)27(35-25)29(37)36-34-16-19-14-20(31)15-23(32)28(19)39-30(38)18-7-3-2-4-8-18/h2-16,35H,1H3,(H,36,37). The van der Waals surface area contributed by atoms with Crippen LogP contribution >= 0.6 is 43.5 Å². The van der Waals surface area contributed by atoms with Gasteiger partial charge in [0.25, 0.3) is 5.91 Å². The summed E-state index contributed by atoms with van der Waals surface area (Å²) in [5.41, 5.74) is 7.07. The molecule has 0 spiro atoms. The lowest BCUT2D eigenvalue weighted by Gasteiger charge is -2.10. The highest BCUT2D eigenvalue weighted by Gasteiger charge is 2.21. The van der Waals surface area contributed by atoms with Gasteiger partial charge in [-0.2, -0.15) is 5.10 Å². The van der Waals surface area contributed by atoms with Gasteiger partial charge in [-0.25, -0.2) is 10.2 Å². The molecule has 4 aromatic carbocycles. The first-order valence-corrected chi connectivity index (χ1v) is 13.7. The summed E-state index contributed by atoms with van der Waals surface area (Å²) in [5, 5.41) is 5.58. The van der Waals surface area contributed by atoms with E-state index >= 15 is 0 Å². The third-order valence-corrected chi connectivity index (χ3v) is 7.31. The number of benzene rings is 4. The molecule has 1 heterocycles. The average Bonchev–Trinajstić information content (AvgIpc) is 3.29. The molecule has 0 atom stereocenters. The second kappa shape index (κ2) is 11.6. The Labute approximate surface area is 246 Å². The average molecular weight is 666 g/mol. The molecule has 0 fully saturated rings. The van der Waals surface area contributed by atoms with E-state index in [2.05, 4.69) is 47.4 Å². The lowest BCUT2D eigenvalue weighted by molar-refractivity contribution is 0.0733. The number of aromatic nitrogens is 1. The number of aromatic amines is 1. The molecule has 0 saturated carbocycles. The van der Waals surface area contributed by atoms with Crippen molar-refractivity contribution in [3.8, 4) is 16.9 Å². The van der Waals surface area contributed by atoms with Crippen molar-refractivity contribution in [1.29, 1.82) is 0 Å². The predicted molar refractivity (Wildman–Crippen MR) is 162 cm³/mol. The normalized spacial score (nSPS) is 11.2. The minimum absolute atomic E-state index is 0.267. The van der Waals surface area contributed by atoms with Crippen molar-refractivity contribution >= 4 is 72.5 Å². The quantitative estimate of drug-likeness (QED) is 0.0829. The Morgan fingerprint density at radius 1 is 0.974 bits per heavy atom. The maximum absolute atomic E-state index is 13.4. The lowest BCUT2D eigenvalue weighted by atomic mass is 10.0. The fraction of sp³-hybridized carbons (Fsp3) is 0.0333. The molecule has 194 valence electrons. The number of amides is 1. The van der Waals surface area contributed by atoms with Crippen molar-refractivity contribution in [2.24, 2.45) is 5.10 Å². The van der Waals surface area contributed by atoms with Crippen molar-refractivity contribution in [3.63, 3.8) is 0 Å². The van der Waals surface area contributed by atoms with Gasteiger partial charge in [0.1, 0.15) is 5.69 Å². The highest BCUT2D eigenvalue weighted by molar-refractivity contribution is 9.11. The Bertz CT molecular complexity index is 1750. The summed E-state index contributed by atoms with van der Waals surface area (Å²) in [5.74, 6) is -0.704. The molecule has 5 aromatic rings. The van der Waals surface area contributed by atoms with Crippen LogP contribution in [0.4, 0.5) is 0 Å². The molecular weight excluding hydrogens is 646 g/mol. The molecular formula is C30H20Br2ClN3O3. The number of nitrogens with one attached hydrogen (secondary N) is 2. The Hall–Kier alpha value is -3.72. The van der Waals surface area contributed by atoms with E-state index in [1.807, 2.05) is 49.4 Å². The molecule has 0 aliphatic carbocycles. The molecule has 0 bridgehead atoms. The molecule has 39 heavy (non-hydrogen) atoms. The molecule has 0 radical (unpaired) electrons. The van der Waals surface area contributed by atoms with E-state index in [1.54, 1.807) is 42.5 Å². The van der Waals surface area contributed by atoms with Crippen molar-refractivity contribution < 1.29 is 14.3 Å². The number of carbonyl (C=O) groups is 2. The minimum atomic E-state index is -0.518. The van der Waals surface area contributed by atoms with E-state index in [9.17, 15) is 9.59 Å². The van der Waals surface area contributed by atoms with E-state index in [-0.39, 0.29) is 5.75 Å². The molecule has 1 aromatic heterocycles. The first-order valence-electron chi connectivity index (χ1n) is 11.8. The highest BCUT2D eigenvalue weighted by atomic mass is 79.9. The first kappa shape index (κ1) is 26.9. The third kappa shape index (κ3) is 5.83. The second-order valence-corrected chi connectivity index (χ2v) is 10.8. The molecule has 0 unspecified atom stereocenters. The molecule has 2 N–H and O–H groups in total. The number of hydrogen-bond donors (Lipinski definition) is 2. The van der Waals surface area contributed by atoms with Gasteiger partial charge in [-0.3, -0.25) is 4.79 Å². The molecule has 6 nitrogen and oxygen atoms in total. The number of aryl methyl sites for hydroxylation is 1. The Morgan fingerprint density at radius 3 is 2.49 bits per heavy atom. The summed E-state index contributed by atoms with van der Waals surface area (Å²) in [4.78, 5) is 29.3. The number of ether oxygens (including phenoxy) is 1. The van der Waals surface area contributed by atoms with Gasteiger partial charge in [-0.1, -0.05) is 75.6 Å². The number of hydrazone groups is 1. The van der Waals surface area contributed by atoms with Crippen LogP contribution < -0.4 is 10.2 Å². The monoisotopic (exact) mass is 663 g/mol. The Balaban J connectivity index is 1.46. The van der Waals surface area contributed by atoms with Crippen molar-refractivity contribution in [1.82, 2.24) is 10.4 Å². The zero-order valence-electron chi connectivity index (χ0n) is 20.5. The molecule has 1 amide bonds. The highest BCUT2D eigenvalue weighted by Crippen LogP contribution is 2.37. The van der Waals surface area contributed by atoms with Gasteiger partial charge in [0.15, 0.2) is 5.75 Å². The van der Waals surface area contributed by atoms with Crippen LogP contribution in [0.1, 0.15) is 32.0 Å². The zero-order chi connectivity index (χ0) is 27.5. The summed E-state index contributed by atoms with van der Waals surface area (Å²) in [6.07, 6.45) is 1.42. The molecule has 9 heteroatoms. The fourth-order valence-corrected chi connectivity index (χ4v) is 5.72. The van der Waals surface area contributed by atoms with Crippen LogP contribution in [0.3, 0.4) is 0 Å². The van der Waals surface area contributed by atoms with Crippen LogP contribution in [0.2, 0.25) is 5.02 Å². The maximum atomic E-state index is 13.4. The Kier molecular flexibility index (Phi) is 7.97. The molecule has 5 rings (SSSR count). The Morgan fingerprint density at radius 2 is 1.72 bits per heavy atom. The number of hydrogen-bond acceptors (Lipinski definition) is 4. The number of fused-ring (bicyclic) bond motifs is 1. The van der Waals surface area contributed by atoms with Gasteiger partial charge in [-0.15, -0.1) is 0 Å². The largest absolute Gasteiger partial charge is 0.421 e. The van der Waals surface area contributed by atoms with E-state index in [1.165, 1.54) is 6.21 Å². The number of esters is 1. The topological polar surface area (TPSA) is 83.6 Å². The van der Waals surface area contributed by atoms with Gasteiger partial charge in [0, 0.05) is 37.1 Å². The smallest absolute Gasteiger partial charge is 0.343 e. The first-order chi connectivity index (χ1) is 18.8. The number of halogens is 3. The summed E-state index contributed by atoms with van der Waals surface area (Å²) in [7, 11) is 0. The van der Waals surface area contributed by atoms with E-state index in [0.717, 1.165) is 26.5 Å². The summed E-state index contributed by atoms with van der Waals surface area (Å²) < 4.78 is 6.94. The summed E-state index contributed by atoms with van der Waals surface area (Å²) in [6.45, 7) is 1.99. The van der Waals surface area contributed by atoms with Crippen molar-refractivity contribution in [2.45, 2.75) is 6.92 Å². The van der Waals surface area contributed by atoms with Crippen LogP contribution in [0.25, 0.3) is 22.0 Å². The van der Waals surface area contributed by atoms with Crippen molar-refractivity contribution in [3.05, 3.63) is 121 Å². The fourth-order valence-electron chi connectivity index (χ4n) is 4.15. The number of nitrogens with zero attached hydrogens (tertiary/aromatic N) is 1. The summed E-state index contributed by atoms with van der Waals surface area (Å²) >= 11 is 13.4. The van der Waals surface area contributed by atoms with Gasteiger partial charge < -0.3 is 9.72 Å². The van der Waals surface area contributed by atoms with Crippen LogP contribution in [-0.4, -0.2) is 23.1 Å². The van der Waals surface area contributed by atoms with Crippen LogP contribution in [0, 0.1) is 6.92 Å². The van der Waals surface area contributed by atoms with E-state index < -0.39 is 11.9 Å². The van der Waals surface area contributed by atoms with Gasteiger partial charge in [0.05, 0.1) is 16.3 Å². The third-order valence-electron chi connectivity index (χ3n) is 5.94. The van der Waals surface area contributed by atoms with Gasteiger partial charge >= 0.3 is 5.97 Å². The predicted octanol–water partition coefficient (Wildman–Crippen LogP) is 8.30. The van der Waals surface area contributed by atoms with E-state index in [4.69, 9.17) is 16.3 Å². The van der Waals surface area contributed by atoms with Crippen molar-refractivity contribution in [2.75, 3.05) is 0 Å². The van der Waals surface area contributed by atoms with E-state index in [0.29, 0.717) is 31.9 Å². The van der Waals surface area contributed by atoms with Gasteiger partial charge in [-0.05, 0) is 65.3 Å². The molecule has 0 aliphatic heterocycles. The zero-order valence-corrected chi connectivity index (χ0v) is 24.4. The number of rotatable bonds is 6. The number of carbonyl (C=O) groups excluding carboxylic acids is 2. The SMILES string of the molecule is Cc1ccc2[nH]c(C(=O)NN=Cc3cc(Br)cc(Br)c3OC(=O)c3ccccc3)c(-c3ccccc3Cl)c2c1.